The van der Waals surface area contributed by atoms with E-state index in [0.29, 0.717) is 24.1 Å². The van der Waals surface area contributed by atoms with Crippen molar-refractivity contribution in [1.82, 2.24) is 10.2 Å². The lowest BCUT2D eigenvalue weighted by Crippen LogP contribution is -2.22. The van der Waals surface area contributed by atoms with E-state index in [4.69, 9.17) is 25.8 Å². The molecule has 1 aromatic heterocycles. The molecule has 140 valence electrons. The second kappa shape index (κ2) is 9.14. The Hall–Kier alpha value is -1.93. The van der Waals surface area contributed by atoms with Crippen molar-refractivity contribution in [2.45, 2.75) is 25.6 Å². The minimum atomic E-state index is -0.270. The molecule has 1 aromatic carbocycles. The predicted octanol–water partition coefficient (Wildman–Crippen LogP) is 3.01. The molecule has 0 radical (unpaired) electrons. The Bertz CT molecular complexity index is 727. The molecule has 1 fully saturated rings. The van der Waals surface area contributed by atoms with Crippen molar-refractivity contribution in [3.8, 4) is 11.1 Å². The summed E-state index contributed by atoms with van der Waals surface area (Å²) in [6.07, 6.45) is 2.11. The van der Waals surface area contributed by atoms with Crippen molar-refractivity contribution < 1.29 is 19.0 Å². The zero-order chi connectivity index (χ0) is 18.4. The fourth-order valence-corrected chi connectivity index (χ4v) is 3.00. The van der Waals surface area contributed by atoms with Crippen LogP contribution in [0.3, 0.4) is 0 Å². The Labute approximate surface area is 157 Å². The number of aromatic nitrogens is 2. The molecule has 1 atom stereocenters. The van der Waals surface area contributed by atoms with Crippen LogP contribution in [0.1, 0.15) is 18.5 Å². The van der Waals surface area contributed by atoms with Crippen LogP contribution in [-0.4, -0.2) is 49.1 Å². The second-order valence-electron chi connectivity index (χ2n) is 6.06. The summed E-state index contributed by atoms with van der Waals surface area (Å²) in [6.45, 7) is 1.48. The topological polar surface area (TPSA) is 85.5 Å². The number of ether oxygens (including phenoxy) is 3. The van der Waals surface area contributed by atoms with Gasteiger partial charge in [0.2, 0.25) is 0 Å². The van der Waals surface area contributed by atoms with Gasteiger partial charge in [0.25, 0.3) is 5.91 Å². The maximum atomic E-state index is 12.2. The predicted molar refractivity (Wildman–Crippen MR) is 98.2 cm³/mol. The Morgan fingerprint density at radius 2 is 2.23 bits per heavy atom. The average molecular weight is 380 g/mol. The molecule has 2 aromatic rings. The average Bonchev–Trinajstić information content (AvgIpc) is 3.27. The van der Waals surface area contributed by atoms with Crippen LogP contribution >= 0.6 is 11.6 Å². The van der Waals surface area contributed by atoms with E-state index in [-0.39, 0.29) is 18.6 Å². The number of benzene rings is 1. The highest BCUT2D eigenvalue weighted by atomic mass is 35.5. The molecule has 0 saturated carbocycles. The van der Waals surface area contributed by atoms with E-state index in [0.717, 1.165) is 36.3 Å². The van der Waals surface area contributed by atoms with Crippen LogP contribution in [0.5, 0.6) is 0 Å². The van der Waals surface area contributed by atoms with Crippen molar-refractivity contribution in [2.75, 3.05) is 32.2 Å². The molecule has 1 unspecified atom stereocenters. The number of nitrogens with zero attached hydrogens (tertiary/aromatic N) is 1. The molecular formula is C18H22ClN3O4. The summed E-state index contributed by atoms with van der Waals surface area (Å²) in [5.41, 5.74) is 2.42. The highest BCUT2D eigenvalue weighted by molar-refractivity contribution is 6.30. The number of methoxy groups -OCH3 is 1. The van der Waals surface area contributed by atoms with Crippen LogP contribution in [0.15, 0.2) is 24.3 Å². The van der Waals surface area contributed by atoms with Gasteiger partial charge in [-0.15, -0.1) is 0 Å². The first-order valence-electron chi connectivity index (χ1n) is 8.48. The maximum absolute atomic E-state index is 12.2. The lowest BCUT2D eigenvalue weighted by Gasteiger charge is -2.10. The fourth-order valence-electron chi connectivity index (χ4n) is 2.87. The van der Waals surface area contributed by atoms with Gasteiger partial charge in [0.15, 0.2) is 5.82 Å². The van der Waals surface area contributed by atoms with E-state index in [9.17, 15) is 4.79 Å². The summed E-state index contributed by atoms with van der Waals surface area (Å²) in [5, 5.41) is 10.5. The molecule has 1 aliphatic heterocycles. The summed E-state index contributed by atoms with van der Waals surface area (Å²) in [6, 6.07) is 7.32. The van der Waals surface area contributed by atoms with Crippen LogP contribution in [0.4, 0.5) is 5.82 Å². The number of halogens is 1. The Kier molecular flexibility index (Phi) is 6.62. The first-order valence-corrected chi connectivity index (χ1v) is 8.86. The molecule has 1 saturated heterocycles. The zero-order valence-corrected chi connectivity index (χ0v) is 15.3. The number of carbonyl (C=O) groups excluding carboxylic acids is 1. The molecule has 7 nitrogen and oxygen atoms in total. The number of H-pyrrole nitrogens is 1. The summed E-state index contributed by atoms with van der Waals surface area (Å²) >= 11 is 5.96. The summed E-state index contributed by atoms with van der Waals surface area (Å²) in [5.74, 6) is 0.166. The third-order valence-corrected chi connectivity index (χ3v) is 4.33. The van der Waals surface area contributed by atoms with Gasteiger partial charge in [0.05, 0.1) is 25.0 Å². The number of aromatic amines is 1. The zero-order valence-electron chi connectivity index (χ0n) is 14.6. The molecule has 0 bridgehead atoms. The van der Waals surface area contributed by atoms with Gasteiger partial charge in [-0.3, -0.25) is 9.89 Å². The molecule has 26 heavy (non-hydrogen) atoms. The second-order valence-corrected chi connectivity index (χ2v) is 6.50. The van der Waals surface area contributed by atoms with Gasteiger partial charge in [-0.1, -0.05) is 23.7 Å². The normalized spacial score (nSPS) is 16.8. The van der Waals surface area contributed by atoms with E-state index >= 15 is 0 Å². The first kappa shape index (κ1) is 18.8. The van der Waals surface area contributed by atoms with E-state index in [1.54, 1.807) is 19.2 Å². The Morgan fingerprint density at radius 1 is 1.42 bits per heavy atom. The number of amides is 1. The van der Waals surface area contributed by atoms with Gasteiger partial charge >= 0.3 is 0 Å². The molecule has 2 N–H and O–H groups in total. The van der Waals surface area contributed by atoms with Crippen molar-refractivity contribution in [3.63, 3.8) is 0 Å². The quantitative estimate of drug-likeness (QED) is 0.736. The number of hydrogen-bond donors (Lipinski definition) is 2. The van der Waals surface area contributed by atoms with Gasteiger partial charge < -0.3 is 19.5 Å². The van der Waals surface area contributed by atoms with Crippen molar-refractivity contribution >= 4 is 23.3 Å². The monoisotopic (exact) mass is 379 g/mol. The first-order chi connectivity index (χ1) is 12.7. The van der Waals surface area contributed by atoms with E-state index in [1.165, 1.54) is 0 Å². The third kappa shape index (κ3) is 4.82. The summed E-state index contributed by atoms with van der Waals surface area (Å²) in [7, 11) is 1.60. The molecule has 0 spiro atoms. The van der Waals surface area contributed by atoms with Gasteiger partial charge in [0.1, 0.15) is 6.61 Å². The maximum Gasteiger partial charge on any atom is 0.251 e. The van der Waals surface area contributed by atoms with E-state index in [1.807, 2.05) is 12.1 Å². The molecule has 0 aliphatic carbocycles. The summed E-state index contributed by atoms with van der Waals surface area (Å²) < 4.78 is 16.1. The van der Waals surface area contributed by atoms with Gasteiger partial charge in [0, 0.05) is 24.3 Å². The van der Waals surface area contributed by atoms with Crippen molar-refractivity contribution in [2.24, 2.45) is 0 Å². The van der Waals surface area contributed by atoms with Crippen LogP contribution in [-0.2, 0) is 25.6 Å². The molecular weight excluding hydrogens is 358 g/mol. The molecule has 2 heterocycles. The van der Waals surface area contributed by atoms with Gasteiger partial charge in [-0.2, -0.15) is 5.10 Å². The van der Waals surface area contributed by atoms with Crippen LogP contribution in [0.25, 0.3) is 11.1 Å². The number of anilines is 1. The molecule has 8 heteroatoms. The van der Waals surface area contributed by atoms with Crippen molar-refractivity contribution in [1.29, 1.82) is 0 Å². The minimum Gasteiger partial charge on any atom is -0.378 e. The van der Waals surface area contributed by atoms with E-state index < -0.39 is 0 Å². The Morgan fingerprint density at radius 3 is 2.92 bits per heavy atom. The third-order valence-electron chi connectivity index (χ3n) is 4.08. The minimum absolute atomic E-state index is 0.0492. The number of rotatable bonds is 8. The van der Waals surface area contributed by atoms with Crippen molar-refractivity contribution in [3.05, 3.63) is 35.0 Å². The lowest BCUT2D eigenvalue weighted by molar-refractivity contribution is -0.121. The van der Waals surface area contributed by atoms with Gasteiger partial charge in [-0.05, 0) is 30.5 Å². The Balaban J connectivity index is 1.66. The van der Waals surface area contributed by atoms with E-state index in [2.05, 4.69) is 15.5 Å². The highest BCUT2D eigenvalue weighted by Crippen LogP contribution is 2.31. The lowest BCUT2D eigenvalue weighted by atomic mass is 10.1. The van der Waals surface area contributed by atoms with Crippen LogP contribution in [0, 0.1) is 0 Å². The summed E-state index contributed by atoms with van der Waals surface area (Å²) in [4.78, 5) is 12.2. The number of nitrogens with one attached hydrogen (secondary N) is 2. The molecule has 1 aliphatic rings. The highest BCUT2D eigenvalue weighted by Gasteiger charge is 2.19. The smallest absolute Gasteiger partial charge is 0.251 e. The number of carbonyl (C=O) groups is 1. The van der Waals surface area contributed by atoms with Crippen LogP contribution < -0.4 is 5.32 Å². The SMILES string of the molecule is COCc1[nH]nc(NC(=O)COCC2CCCO2)c1-c1ccc(Cl)cc1. The standard InChI is InChI=1S/C18H22ClN3O4/c1-24-10-15-17(12-4-6-13(19)7-5-12)18(22-21-15)20-16(23)11-25-9-14-3-2-8-26-14/h4-7,14H,2-3,8-11H2,1H3,(H2,20,21,22,23). The number of hydrogen-bond acceptors (Lipinski definition) is 5. The van der Waals surface area contributed by atoms with Gasteiger partial charge in [-0.25, -0.2) is 0 Å². The molecule has 1 amide bonds. The van der Waals surface area contributed by atoms with Crippen LogP contribution in [0.2, 0.25) is 5.02 Å². The fraction of sp³-hybridized carbons (Fsp3) is 0.444. The largest absolute Gasteiger partial charge is 0.378 e. The molecule has 3 rings (SSSR count).